The minimum atomic E-state index is -0.467. The number of carbonyl (C=O) groups is 1. The molecule has 1 N–H and O–H groups in total. The quantitative estimate of drug-likeness (QED) is 0.803. The van der Waals surface area contributed by atoms with Crippen LogP contribution in [-0.2, 0) is 4.74 Å². The monoisotopic (exact) mass is 207 g/mol. The van der Waals surface area contributed by atoms with Crippen molar-refractivity contribution in [2.75, 3.05) is 5.32 Å². The van der Waals surface area contributed by atoms with Crippen LogP contribution in [0.15, 0.2) is 18.6 Å². The Morgan fingerprint density at radius 1 is 1.60 bits per heavy atom. The molecule has 80 valence electrons. The molecule has 5 heteroatoms. The van der Waals surface area contributed by atoms with Gasteiger partial charge in [-0.2, -0.15) is 0 Å². The van der Waals surface area contributed by atoms with Crippen LogP contribution in [0.4, 0.5) is 10.6 Å². The maximum absolute atomic E-state index is 11.3. The van der Waals surface area contributed by atoms with Crippen LogP contribution in [0.5, 0.6) is 0 Å². The molecule has 1 saturated carbocycles. The van der Waals surface area contributed by atoms with Gasteiger partial charge >= 0.3 is 6.09 Å². The molecule has 5 nitrogen and oxygen atoms in total. The summed E-state index contributed by atoms with van der Waals surface area (Å²) in [6, 6.07) is 0. The van der Waals surface area contributed by atoms with Crippen LogP contribution in [0.2, 0.25) is 0 Å². The van der Waals surface area contributed by atoms with Crippen molar-refractivity contribution in [1.29, 1.82) is 0 Å². The zero-order valence-electron chi connectivity index (χ0n) is 8.73. The largest absolute Gasteiger partial charge is 0.445 e. The van der Waals surface area contributed by atoms with Gasteiger partial charge in [-0.15, -0.1) is 0 Å². The minimum absolute atomic E-state index is 0.0224. The molecule has 1 fully saturated rings. The van der Waals surface area contributed by atoms with E-state index in [9.17, 15) is 4.79 Å². The number of rotatable bonds is 2. The van der Waals surface area contributed by atoms with Crippen LogP contribution < -0.4 is 5.32 Å². The Hall–Kier alpha value is -1.65. The van der Waals surface area contributed by atoms with E-state index < -0.39 is 6.09 Å². The van der Waals surface area contributed by atoms with Gasteiger partial charge in [-0.25, -0.2) is 9.78 Å². The van der Waals surface area contributed by atoms with Crippen LogP contribution in [0, 0.1) is 5.41 Å². The molecule has 0 radical (unpaired) electrons. The number of anilines is 1. The fourth-order valence-electron chi connectivity index (χ4n) is 1.25. The highest BCUT2D eigenvalue weighted by Crippen LogP contribution is 2.47. The van der Waals surface area contributed by atoms with Crippen molar-refractivity contribution in [3.05, 3.63) is 18.6 Å². The molecule has 2 rings (SSSR count). The lowest BCUT2D eigenvalue weighted by Gasteiger charge is -2.06. The zero-order valence-corrected chi connectivity index (χ0v) is 8.73. The summed E-state index contributed by atoms with van der Waals surface area (Å²) < 4.78 is 5.16. The third kappa shape index (κ3) is 2.43. The summed E-state index contributed by atoms with van der Waals surface area (Å²) in [4.78, 5) is 19.1. The van der Waals surface area contributed by atoms with E-state index in [4.69, 9.17) is 4.74 Å². The van der Waals surface area contributed by atoms with Crippen molar-refractivity contribution in [2.45, 2.75) is 26.4 Å². The topological polar surface area (TPSA) is 64.1 Å². The van der Waals surface area contributed by atoms with Crippen LogP contribution in [0.3, 0.4) is 0 Å². The van der Waals surface area contributed by atoms with Gasteiger partial charge in [-0.3, -0.25) is 10.3 Å². The smallest absolute Gasteiger partial charge is 0.413 e. The summed E-state index contributed by atoms with van der Waals surface area (Å²) in [7, 11) is 0. The molecular weight excluding hydrogens is 194 g/mol. The van der Waals surface area contributed by atoms with Gasteiger partial charge < -0.3 is 4.74 Å². The number of nitrogens with one attached hydrogen (secondary N) is 1. The first kappa shape index (κ1) is 9.89. The molecule has 0 bridgehead atoms. The van der Waals surface area contributed by atoms with E-state index in [2.05, 4.69) is 29.1 Å². The normalized spacial score (nSPS) is 21.9. The fraction of sp³-hybridized carbons (Fsp3) is 0.500. The minimum Gasteiger partial charge on any atom is -0.445 e. The van der Waals surface area contributed by atoms with E-state index in [0.717, 1.165) is 6.42 Å². The summed E-state index contributed by atoms with van der Waals surface area (Å²) in [5.74, 6) is 0.404. The van der Waals surface area contributed by atoms with Gasteiger partial charge in [0.2, 0.25) is 0 Å². The maximum atomic E-state index is 11.3. The van der Waals surface area contributed by atoms with E-state index in [1.807, 2.05) is 0 Å². The summed E-state index contributed by atoms with van der Waals surface area (Å²) in [6.07, 6.45) is 5.00. The number of nitrogens with zero attached hydrogens (tertiary/aromatic N) is 2. The summed E-state index contributed by atoms with van der Waals surface area (Å²) >= 11 is 0. The van der Waals surface area contributed by atoms with Crippen molar-refractivity contribution in [3.8, 4) is 0 Å². The number of aromatic nitrogens is 2. The molecule has 1 aromatic rings. The van der Waals surface area contributed by atoms with E-state index >= 15 is 0 Å². The van der Waals surface area contributed by atoms with Crippen LogP contribution >= 0.6 is 0 Å². The second-order valence-electron chi connectivity index (χ2n) is 4.30. The van der Waals surface area contributed by atoms with Crippen molar-refractivity contribution >= 4 is 11.9 Å². The van der Waals surface area contributed by atoms with Crippen molar-refractivity contribution in [3.63, 3.8) is 0 Å². The van der Waals surface area contributed by atoms with Gasteiger partial charge in [-0.05, 0) is 6.42 Å². The molecule has 1 unspecified atom stereocenters. The predicted octanol–water partition coefficient (Wildman–Crippen LogP) is 1.82. The molecule has 0 spiro atoms. The molecule has 1 aliphatic carbocycles. The van der Waals surface area contributed by atoms with Crippen molar-refractivity contribution < 1.29 is 9.53 Å². The molecule has 1 amide bonds. The lowest BCUT2D eigenvalue weighted by Crippen LogP contribution is -2.17. The Bertz CT molecular complexity index is 364. The van der Waals surface area contributed by atoms with Crippen LogP contribution in [-0.4, -0.2) is 22.2 Å². The number of ether oxygens (including phenoxy) is 1. The number of carbonyl (C=O) groups excluding carboxylic acids is 1. The number of hydrogen-bond acceptors (Lipinski definition) is 4. The first-order valence-electron chi connectivity index (χ1n) is 4.81. The highest BCUT2D eigenvalue weighted by molar-refractivity contribution is 5.83. The van der Waals surface area contributed by atoms with E-state index in [1.54, 1.807) is 6.20 Å². The zero-order chi connectivity index (χ0) is 10.9. The summed E-state index contributed by atoms with van der Waals surface area (Å²) in [5, 5.41) is 2.52. The average Bonchev–Trinajstić information content (AvgIpc) is 2.74. The SMILES string of the molecule is CC1(C)CC1OC(=O)Nc1cnccn1. The Kier molecular flexibility index (Phi) is 2.30. The highest BCUT2D eigenvalue weighted by atomic mass is 16.6. The summed E-state index contributed by atoms with van der Waals surface area (Å²) in [5.41, 5.74) is 0.125. The Labute approximate surface area is 87.9 Å². The molecule has 1 atom stereocenters. The van der Waals surface area contributed by atoms with Gasteiger partial charge in [0.05, 0.1) is 6.20 Å². The highest BCUT2D eigenvalue weighted by Gasteiger charge is 2.49. The Balaban J connectivity index is 1.84. The lowest BCUT2D eigenvalue weighted by molar-refractivity contribution is 0.140. The average molecular weight is 207 g/mol. The van der Waals surface area contributed by atoms with Gasteiger partial charge in [0, 0.05) is 17.8 Å². The molecule has 1 aromatic heterocycles. The third-order valence-electron chi connectivity index (χ3n) is 2.47. The van der Waals surface area contributed by atoms with E-state index in [1.165, 1.54) is 12.4 Å². The first-order chi connectivity index (χ1) is 7.08. The fourth-order valence-corrected chi connectivity index (χ4v) is 1.25. The lowest BCUT2D eigenvalue weighted by atomic mass is 10.2. The van der Waals surface area contributed by atoms with Crippen molar-refractivity contribution in [1.82, 2.24) is 9.97 Å². The molecule has 1 aliphatic rings. The van der Waals surface area contributed by atoms with Crippen molar-refractivity contribution in [2.24, 2.45) is 5.41 Å². The molecule has 0 aliphatic heterocycles. The molecular formula is C10H13N3O2. The molecule has 0 aromatic carbocycles. The molecule has 15 heavy (non-hydrogen) atoms. The second-order valence-corrected chi connectivity index (χ2v) is 4.30. The van der Waals surface area contributed by atoms with E-state index in [-0.39, 0.29) is 11.5 Å². The molecule has 0 saturated heterocycles. The predicted molar refractivity (Wildman–Crippen MR) is 54.3 cm³/mol. The first-order valence-corrected chi connectivity index (χ1v) is 4.81. The number of hydrogen-bond donors (Lipinski definition) is 1. The van der Waals surface area contributed by atoms with Gasteiger partial charge in [0.1, 0.15) is 6.10 Å². The van der Waals surface area contributed by atoms with Crippen LogP contribution in [0.25, 0.3) is 0 Å². The Morgan fingerprint density at radius 3 is 2.87 bits per heavy atom. The maximum Gasteiger partial charge on any atom is 0.413 e. The Morgan fingerprint density at radius 2 is 2.33 bits per heavy atom. The van der Waals surface area contributed by atoms with Crippen LogP contribution in [0.1, 0.15) is 20.3 Å². The van der Waals surface area contributed by atoms with E-state index in [0.29, 0.717) is 5.82 Å². The van der Waals surface area contributed by atoms with Gasteiger partial charge in [0.25, 0.3) is 0 Å². The van der Waals surface area contributed by atoms with Gasteiger partial charge in [-0.1, -0.05) is 13.8 Å². The second kappa shape index (κ2) is 3.49. The number of amides is 1. The molecule has 1 heterocycles. The summed E-state index contributed by atoms with van der Waals surface area (Å²) in [6.45, 7) is 4.13. The third-order valence-corrected chi connectivity index (χ3v) is 2.47. The standard InChI is InChI=1S/C10H13N3O2/c1-10(2)5-7(10)15-9(14)13-8-6-11-3-4-12-8/h3-4,6-7H,5H2,1-2H3,(H,12,13,14). The van der Waals surface area contributed by atoms with Gasteiger partial charge in [0.15, 0.2) is 5.82 Å².